The van der Waals surface area contributed by atoms with Crippen molar-refractivity contribution in [2.24, 2.45) is 0 Å². The van der Waals surface area contributed by atoms with Crippen molar-refractivity contribution in [3.63, 3.8) is 0 Å². The molecule has 0 bridgehead atoms. The van der Waals surface area contributed by atoms with Gasteiger partial charge in [-0.2, -0.15) is 0 Å². The van der Waals surface area contributed by atoms with Crippen LogP contribution in [0, 0.1) is 0 Å². The number of halogens is 1. The second kappa shape index (κ2) is 9.75. The van der Waals surface area contributed by atoms with Gasteiger partial charge in [-0.15, -0.1) is 0 Å². The predicted molar refractivity (Wildman–Crippen MR) is 130 cm³/mol. The summed E-state index contributed by atoms with van der Waals surface area (Å²) in [5, 5.41) is 4.79. The molecule has 2 aliphatic heterocycles. The summed E-state index contributed by atoms with van der Waals surface area (Å²) in [4.78, 5) is 19.8. The SMILES string of the molecule is O=CN1CCc2c([nH]c3ccc(Br)cc23)C1c1ccc(CNCCN2CCOCC2)cc1. The van der Waals surface area contributed by atoms with Crippen molar-refractivity contribution in [1.82, 2.24) is 20.1 Å². The number of nitrogens with one attached hydrogen (secondary N) is 2. The number of benzene rings is 2. The minimum atomic E-state index is -0.0780. The second-order valence-corrected chi connectivity index (χ2v) is 9.49. The lowest BCUT2D eigenvalue weighted by atomic mass is 9.92. The highest BCUT2D eigenvalue weighted by Gasteiger charge is 2.30. The number of nitrogens with zero attached hydrogens (tertiary/aromatic N) is 2. The average Bonchev–Trinajstić information content (AvgIpc) is 3.20. The van der Waals surface area contributed by atoms with Gasteiger partial charge in [-0.25, -0.2) is 0 Å². The molecule has 2 aromatic carbocycles. The Kier molecular flexibility index (Phi) is 6.59. The summed E-state index contributed by atoms with van der Waals surface area (Å²) < 4.78 is 6.48. The van der Waals surface area contributed by atoms with Gasteiger partial charge in [0.25, 0.3) is 0 Å². The van der Waals surface area contributed by atoms with Gasteiger partial charge in [0.15, 0.2) is 0 Å². The minimum Gasteiger partial charge on any atom is -0.379 e. The molecule has 2 N–H and O–H groups in total. The molecule has 1 atom stereocenters. The number of ether oxygens (including phenoxy) is 1. The number of morpholine rings is 1. The third-order valence-corrected chi connectivity index (χ3v) is 7.09. The van der Waals surface area contributed by atoms with Crippen LogP contribution in [-0.4, -0.2) is 67.1 Å². The number of rotatable bonds is 7. The Morgan fingerprint density at radius 1 is 1.12 bits per heavy atom. The summed E-state index contributed by atoms with van der Waals surface area (Å²) in [6.45, 7) is 7.33. The highest BCUT2D eigenvalue weighted by Crippen LogP contribution is 2.38. The van der Waals surface area contributed by atoms with E-state index in [9.17, 15) is 4.79 Å². The number of H-pyrrole nitrogens is 1. The van der Waals surface area contributed by atoms with E-state index in [4.69, 9.17) is 4.74 Å². The van der Waals surface area contributed by atoms with E-state index in [2.05, 4.69) is 73.6 Å². The van der Waals surface area contributed by atoms with Gasteiger partial charge in [-0.3, -0.25) is 9.69 Å². The van der Waals surface area contributed by atoms with Gasteiger partial charge in [0.1, 0.15) is 0 Å². The number of carbonyl (C=O) groups is 1. The number of aromatic nitrogens is 1. The summed E-state index contributed by atoms with van der Waals surface area (Å²) in [6, 6.07) is 14.9. The molecule has 1 amide bonds. The van der Waals surface area contributed by atoms with Crippen LogP contribution in [0.25, 0.3) is 10.9 Å². The van der Waals surface area contributed by atoms with E-state index in [1.807, 2.05) is 4.90 Å². The summed E-state index contributed by atoms with van der Waals surface area (Å²) in [7, 11) is 0. The van der Waals surface area contributed by atoms with Crippen molar-refractivity contribution >= 4 is 33.2 Å². The predicted octanol–water partition coefficient (Wildman–Crippen LogP) is 3.46. The molecule has 0 saturated carbocycles. The van der Waals surface area contributed by atoms with Crippen molar-refractivity contribution < 1.29 is 9.53 Å². The van der Waals surface area contributed by atoms with Crippen molar-refractivity contribution in [3.8, 4) is 0 Å². The molecule has 0 aliphatic carbocycles. The number of aromatic amines is 1. The average molecular weight is 497 g/mol. The maximum Gasteiger partial charge on any atom is 0.210 e. The molecule has 1 unspecified atom stereocenters. The maximum absolute atomic E-state index is 11.9. The number of hydrogen-bond donors (Lipinski definition) is 2. The molecular weight excluding hydrogens is 468 g/mol. The molecule has 7 heteroatoms. The fourth-order valence-corrected chi connectivity index (χ4v) is 5.22. The number of hydrogen-bond acceptors (Lipinski definition) is 4. The van der Waals surface area contributed by atoms with E-state index in [1.165, 1.54) is 16.5 Å². The van der Waals surface area contributed by atoms with Crippen LogP contribution in [0.4, 0.5) is 0 Å². The van der Waals surface area contributed by atoms with Crippen molar-refractivity contribution in [3.05, 3.63) is 69.3 Å². The van der Waals surface area contributed by atoms with Gasteiger partial charge in [-0.05, 0) is 41.3 Å². The van der Waals surface area contributed by atoms with Gasteiger partial charge < -0.3 is 19.9 Å². The first-order chi connectivity index (χ1) is 15.7. The Hall–Kier alpha value is -2.19. The number of carbonyl (C=O) groups excluding carboxylic acids is 1. The number of amides is 1. The third kappa shape index (κ3) is 4.48. The standard InChI is InChI=1S/C25H29BrN4O2/c26-20-5-6-23-22(15-20)21-7-9-30(17-31)25(24(21)28-23)19-3-1-18(2-4-19)16-27-8-10-29-11-13-32-14-12-29/h1-6,15,17,25,27-28H,7-14,16H2. The quantitative estimate of drug-likeness (QED) is 0.388. The molecule has 5 rings (SSSR count). The summed E-state index contributed by atoms with van der Waals surface area (Å²) in [5.41, 5.74) is 5.97. The minimum absolute atomic E-state index is 0.0780. The van der Waals surface area contributed by atoms with Gasteiger partial charge in [0, 0.05) is 60.3 Å². The van der Waals surface area contributed by atoms with Crippen molar-refractivity contribution in [2.45, 2.75) is 19.0 Å². The van der Waals surface area contributed by atoms with E-state index in [0.717, 1.165) is 86.6 Å². The topological polar surface area (TPSA) is 60.6 Å². The van der Waals surface area contributed by atoms with Crippen molar-refractivity contribution in [1.29, 1.82) is 0 Å². The second-order valence-electron chi connectivity index (χ2n) is 8.58. The molecule has 1 aromatic heterocycles. The molecule has 3 heterocycles. The Morgan fingerprint density at radius 3 is 2.72 bits per heavy atom. The molecule has 1 fully saturated rings. The van der Waals surface area contributed by atoms with Crippen LogP contribution in [-0.2, 0) is 22.5 Å². The molecular formula is C25H29BrN4O2. The summed E-state index contributed by atoms with van der Waals surface area (Å²) >= 11 is 3.59. The molecule has 1 saturated heterocycles. The van der Waals surface area contributed by atoms with Crippen LogP contribution < -0.4 is 5.32 Å². The normalized spacial score (nSPS) is 19.3. The Balaban J connectivity index is 1.29. The van der Waals surface area contributed by atoms with E-state index < -0.39 is 0 Å². The first kappa shape index (κ1) is 21.6. The fourth-order valence-electron chi connectivity index (χ4n) is 4.86. The van der Waals surface area contributed by atoms with Crippen LogP contribution in [0.2, 0.25) is 0 Å². The molecule has 2 aliphatic rings. The molecule has 168 valence electrons. The van der Waals surface area contributed by atoms with Crippen LogP contribution in [0.3, 0.4) is 0 Å². The lowest BCUT2D eigenvalue weighted by Crippen LogP contribution is -2.40. The Labute approximate surface area is 197 Å². The maximum atomic E-state index is 11.9. The van der Waals surface area contributed by atoms with E-state index in [1.54, 1.807) is 0 Å². The Bertz CT molecular complexity index is 1080. The molecule has 0 radical (unpaired) electrons. The van der Waals surface area contributed by atoms with Gasteiger partial charge in [0.05, 0.1) is 19.3 Å². The van der Waals surface area contributed by atoms with Gasteiger partial charge in [-0.1, -0.05) is 40.2 Å². The summed E-state index contributed by atoms with van der Waals surface area (Å²) in [6.07, 6.45) is 1.85. The van der Waals surface area contributed by atoms with E-state index in [-0.39, 0.29) is 6.04 Å². The molecule has 32 heavy (non-hydrogen) atoms. The zero-order valence-corrected chi connectivity index (χ0v) is 19.7. The zero-order chi connectivity index (χ0) is 21.9. The van der Waals surface area contributed by atoms with E-state index in [0.29, 0.717) is 0 Å². The van der Waals surface area contributed by atoms with Crippen LogP contribution in [0.1, 0.15) is 28.4 Å². The van der Waals surface area contributed by atoms with Gasteiger partial charge >= 0.3 is 0 Å². The fraction of sp³-hybridized carbons (Fsp3) is 0.400. The highest BCUT2D eigenvalue weighted by molar-refractivity contribution is 9.10. The summed E-state index contributed by atoms with van der Waals surface area (Å²) in [5.74, 6) is 0. The first-order valence-electron chi connectivity index (χ1n) is 11.3. The monoisotopic (exact) mass is 496 g/mol. The van der Waals surface area contributed by atoms with Crippen LogP contribution >= 0.6 is 15.9 Å². The lowest BCUT2D eigenvalue weighted by Gasteiger charge is -2.33. The largest absolute Gasteiger partial charge is 0.379 e. The Morgan fingerprint density at radius 2 is 1.94 bits per heavy atom. The van der Waals surface area contributed by atoms with E-state index >= 15 is 0 Å². The molecule has 3 aromatic rings. The molecule has 0 spiro atoms. The third-order valence-electron chi connectivity index (χ3n) is 6.59. The smallest absolute Gasteiger partial charge is 0.210 e. The van der Waals surface area contributed by atoms with Gasteiger partial charge in [0.2, 0.25) is 6.41 Å². The number of fused-ring (bicyclic) bond motifs is 3. The van der Waals surface area contributed by atoms with Crippen molar-refractivity contribution in [2.75, 3.05) is 45.9 Å². The highest BCUT2D eigenvalue weighted by atomic mass is 79.9. The first-order valence-corrected chi connectivity index (χ1v) is 12.1. The zero-order valence-electron chi connectivity index (χ0n) is 18.1. The van der Waals surface area contributed by atoms with Crippen LogP contribution in [0.5, 0.6) is 0 Å². The lowest BCUT2D eigenvalue weighted by molar-refractivity contribution is -0.120. The molecule has 6 nitrogen and oxygen atoms in total. The van der Waals surface area contributed by atoms with Crippen LogP contribution in [0.15, 0.2) is 46.9 Å².